The Morgan fingerprint density at radius 3 is 1.08 bits per heavy atom. The number of hydrogen-bond donors (Lipinski definition) is 0. The molecule has 0 bridgehead atoms. The van der Waals surface area contributed by atoms with Gasteiger partial charge in [-0.05, 0) is 20.6 Å². The summed E-state index contributed by atoms with van der Waals surface area (Å²) in [6, 6.07) is 12.0. The minimum absolute atomic E-state index is 0. The minimum Gasteiger partial charge on any atom is -0.358 e. The summed E-state index contributed by atoms with van der Waals surface area (Å²) in [6.45, 7) is 3.26. The van der Waals surface area contributed by atoms with Crippen molar-refractivity contribution in [2.24, 2.45) is 0 Å². The number of rotatable bonds is 1. The maximum atomic E-state index is 2.12. The fraction of sp³-hybridized carbons (Fsp3) is 0.364. The maximum Gasteiger partial charge on any atom is 0 e. The van der Waals surface area contributed by atoms with Gasteiger partial charge in [-0.2, -0.15) is 0 Å². The van der Waals surface area contributed by atoms with E-state index >= 15 is 0 Å². The van der Waals surface area contributed by atoms with Gasteiger partial charge in [-0.3, -0.25) is 0 Å². The first-order valence-electron chi connectivity index (χ1n) is 3.92. The summed E-state index contributed by atoms with van der Waals surface area (Å²) in [5, 5.41) is 0. The van der Waals surface area contributed by atoms with E-state index in [1.54, 1.807) is 0 Å². The summed E-state index contributed by atoms with van der Waals surface area (Å²) in [4.78, 5) is 2.12. The van der Waals surface area contributed by atoms with Gasteiger partial charge >= 0.3 is 0 Å². The standard InChI is InChI=1S/C6H6.C4H11N.CH3.W/c1-2-4-6-5-3-1;1-4-5(2)3;;/h1-6H;4H2,1-3H3;1H3;/q;;-1;. The Morgan fingerprint density at radius 1 is 0.846 bits per heavy atom. The van der Waals surface area contributed by atoms with Crippen molar-refractivity contribution in [3.8, 4) is 0 Å². The van der Waals surface area contributed by atoms with E-state index in [1.165, 1.54) is 0 Å². The Kier molecular flexibility index (Phi) is 20.6. The molecule has 0 aliphatic heterocycles. The van der Waals surface area contributed by atoms with Crippen molar-refractivity contribution in [1.29, 1.82) is 0 Å². The van der Waals surface area contributed by atoms with Crippen molar-refractivity contribution in [3.05, 3.63) is 43.8 Å². The van der Waals surface area contributed by atoms with Crippen molar-refractivity contribution in [3.63, 3.8) is 0 Å². The maximum absolute atomic E-state index is 2.12. The molecule has 0 unspecified atom stereocenters. The normalized spacial score (nSPS) is 7.38. The van der Waals surface area contributed by atoms with Crippen LogP contribution in [0.25, 0.3) is 0 Å². The summed E-state index contributed by atoms with van der Waals surface area (Å²) in [5.41, 5.74) is 0. The third kappa shape index (κ3) is 18.7. The number of benzene rings is 1. The quantitative estimate of drug-likeness (QED) is 0.704. The molecule has 0 spiro atoms. The van der Waals surface area contributed by atoms with Gasteiger partial charge in [-0.15, -0.1) is 0 Å². The third-order valence-corrected chi connectivity index (χ3v) is 1.30. The van der Waals surface area contributed by atoms with E-state index in [1.807, 2.05) is 36.4 Å². The zero-order chi connectivity index (χ0) is 8.53. The molecule has 76 valence electrons. The molecule has 1 aromatic carbocycles. The average molecular weight is 350 g/mol. The SMILES string of the molecule is CCN(C)C.[CH3-].[W].c1ccccc1. The number of hydrogen-bond acceptors (Lipinski definition) is 1. The van der Waals surface area contributed by atoms with Gasteiger partial charge in [0.2, 0.25) is 0 Å². The van der Waals surface area contributed by atoms with Crippen LogP contribution in [0.1, 0.15) is 6.92 Å². The first-order valence-corrected chi connectivity index (χ1v) is 3.92. The molecule has 13 heavy (non-hydrogen) atoms. The van der Waals surface area contributed by atoms with Gasteiger partial charge in [0.05, 0.1) is 0 Å². The Morgan fingerprint density at radius 2 is 1.00 bits per heavy atom. The van der Waals surface area contributed by atoms with Gasteiger partial charge < -0.3 is 12.3 Å². The second kappa shape index (κ2) is 14.4. The molecule has 1 rings (SSSR count). The monoisotopic (exact) mass is 350 g/mol. The summed E-state index contributed by atoms with van der Waals surface area (Å²) < 4.78 is 0. The molecular formula is C11H20NW-. The van der Waals surface area contributed by atoms with Crippen LogP contribution in [0.4, 0.5) is 0 Å². The molecule has 0 aliphatic rings. The number of nitrogens with zero attached hydrogens (tertiary/aromatic N) is 1. The van der Waals surface area contributed by atoms with Crippen molar-refractivity contribution in [2.75, 3.05) is 20.6 Å². The van der Waals surface area contributed by atoms with E-state index in [0.29, 0.717) is 0 Å². The van der Waals surface area contributed by atoms with Crippen LogP contribution in [0.3, 0.4) is 0 Å². The van der Waals surface area contributed by atoms with Gasteiger partial charge in [-0.1, -0.05) is 43.3 Å². The molecule has 0 amide bonds. The van der Waals surface area contributed by atoms with Crippen LogP contribution in [-0.2, 0) is 21.1 Å². The van der Waals surface area contributed by atoms with Crippen LogP contribution in [0.5, 0.6) is 0 Å². The van der Waals surface area contributed by atoms with Crippen LogP contribution in [-0.4, -0.2) is 25.5 Å². The zero-order valence-corrected chi connectivity index (χ0v) is 12.0. The van der Waals surface area contributed by atoms with Crippen LogP contribution >= 0.6 is 0 Å². The van der Waals surface area contributed by atoms with E-state index in [4.69, 9.17) is 0 Å². The topological polar surface area (TPSA) is 3.24 Å². The van der Waals surface area contributed by atoms with Crippen LogP contribution in [0.15, 0.2) is 36.4 Å². The zero-order valence-electron chi connectivity index (χ0n) is 9.03. The first kappa shape index (κ1) is 18.6. The van der Waals surface area contributed by atoms with Crippen LogP contribution in [0, 0.1) is 7.43 Å². The van der Waals surface area contributed by atoms with E-state index < -0.39 is 0 Å². The molecule has 0 radical (unpaired) electrons. The third-order valence-electron chi connectivity index (χ3n) is 1.30. The average Bonchev–Trinajstić information content (AvgIpc) is 2.09. The molecule has 0 N–H and O–H groups in total. The first-order chi connectivity index (χ1) is 5.27. The Bertz CT molecular complexity index is 125. The van der Waals surface area contributed by atoms with Crippen LogP contribution in [0.2, 0.25) is 0 Å². The predicted molar refractivity (Wildman–Crippen MR) is 57.1 cm³/mol. The summed E-state index contributed by atoms with van der Waals surface area (Å²) in [5.74, 6) is 0. The Balaban J connectivity index is -0.000000136. The van der Waals surface area contributed by atoms with Crippen molar-refractivity contribution >= 4 is 0 Å². The van der Waals surface area contributed by atoms with Gasteiger partial charge in [0, 0.05) is 21.1 Å². The molecule has 0 saturated heterocycles. The summed E-state index contributed by atoms with van der Waals surface area (Å²) in [7, 11) is 4.11. The van der Waals surface area contributed by atoms with E-state index in [0.717, 1.165) is 6.54 Å². The van der Waals surface area contributed by atoms with Crippen molar-refractivity contribution in [1.82, 2.24) is 4.90 Å². The molecule has 0 saturated carbocycles. The summed E-state index contributed by atoms with van der Waals surface area (Å²) in [6.07, 6.45) is 0. The van der Waals surface area contributed by atoms with Gasteiger partial charge in [-0.25, -0.2) is 0 Å². The van der Waals surface area contributed by atoms with E-state index in [-0.39, 0.29) is 28.5 Å². The predicted octanol–water partition coefficient (Wildman–Crippen LogP) is 2.70. The largest absolute Gasteiger partial charge is 0.358 e. The second-order valence-corrected chi connectivity index (χ2v) is 2.55. The molecule has 0 aliphatic carbocycles. The summed E-state index contributed by atoms with van der Waals surface area (Å²) >= 11 is 0. The fourth-order valence-corrected chi connectivity index (χ4v) is 0.385. The molecule has 0 heterocycles. The molecule has 0 fully saturated rings. The molecule has 0 aromatic heterocycles. The minimum atomic E-state index is 0. The molecule has 1 aromatic rings. The van der Waals surface area contributed by atoms with Crippen molar-refractivity contribution in [2.45, 2.75) is 6.92 Å². The molecule has 1 nitrogen and oxygen atoms in total. The fourth-order valence-electron chi connectivity index (χ4n) is 0.385. The second-order valence-electron chi connectivity index (χ2n) is 2.55. The van der Waals surface area contributed by atoms with Gasteiger partial charge in [0.15, 0.2) is 0 Å². The van der Waals surface area contributed by atoms with Crippen LogP contribution < -0.4 is 0 Å². The van der Waals surface area contributed by atoms with Gasteiger partial charge in [0.1, 0.15) is 0 Å². The molecular weight excluding hydrogens is 330 g/mol. The van der Waals surface area contributed by atoms with Crippen molar-refractivity contribution < 1.29 is 21.1 Å². The van der Waals surface area contributed by atoms with Gasteiger partial charge in [0.25, 0.3) is 0 Å². The Hall–Kier alpha value is -0.132. The smallest absolute Gasteiger partial charge is 0 e. The van der Waals surface area contributed by atoms with E-state index in [9.17, 15) is 0 Å². The van der Waals surface area contributed by atoms with E-state index in [2.05, 4.69) is 25.9 Å². The Labute approximate surface area is 97.4 Å². The molecule has 0 atom stereocenters. The molecule has 2 heteroatoms.